The number of carboxylic acid groups (broad SMARTS) is 1. The molecule has 3 aromatic rings. The number of thiazole rings is 1. The van der Waals surface area contributed by atoms with E-state index >= 15 is 0 Å². The molecule has 1 N–H and O–H groups in total. The Kier molecular flexibility index (Phi) is 3.93. The van der Waals surface area contributed by atoms with E-state index in [0.717, 1.165) is 26.7 Å². The van der Waals surface area contributed by atoms with E-state index in [4.69, 9.17) is 10.1 Å². The van der Waals surface area contributed by atoms with Crippen molar-refractivity contribution in [2.45, 2.75) is 39.0 Å². The van der Waals surface area contributed by atoms with Crippen molar-refractivity contribution in [2.24, 2.45) is 0 Å². The van der Waals surface area contributed by atoms with E-state index in [2.05, 4.69) is 25.8 Å². The highest BCUT2D eigenvalue weighted by Gasteiger charge is 2.24. The van der Waals surface area contributed by atoms with E-state index in [9.17, 15) is 4.79 Å². The van der Waals surface area contributed by atoms with E-state index in [1.54, 1.807) is 17.7 Å². The number of aromatic nitrogens is 3. The first kappa shape index (κ1) is 15.7. The summed E-state index contributed by atoms with van der Waals surface area (Å²) < 4.78 is 1.97. The van der Waals surface area contributed by atoms with Gasteiger partial charge in [0.05, 0.1) is 23.1 Å². The van der Waals surface area contributed by atoms with Crippen LogP contribution in [0.3, 0.4) is 0 Å². The minimum atomic E-state index is -0.784. The number of imidazole rings is 1. The van der Waals surface area contributed by atoms with Crippen molar-refractivity contribution in [1.29, 1.82) is 0 Å². The van der Waals surface area contributed by atoms with Crippen molar-refractivity contribution in [3.63, 3.8) is 0 Å². The smallest absolute Gasteiger partial charge is 0.303 e. The molecule has 0 saturated carbocycles. The quantitative estimate of drug-likeness (QED) is 0.790. The van der Waals surface area contributed by atoms with Gasteiger partial charge >= 0.3 is 5.97 Å². The van der Waals surface area contributed by atoms with Crippen LogP contribution in [0.4, 0.5) is 0 Å². The molecular formula is C17H19N3O2S. The van der Waals surface area contributed by atoms with Crippen LogP contribution in [0, 0.1) is 0 Å². The first-order chi connectivity index (χ1) is 10.9. The van der Waals surface area contributed by atoms with Crippen LogP contribution in [0.25, 0.3) is 16.2 Å². The molecule has 5 nitrogen and oxygen atoms in total. The molecule has 3 rings (SSSR count). The highest BCUT2D eigenvalue weighted by molar-refractivity contribution is 7.14. The maximum absolute atomic E-state index is 10.9. The van der Waals surface area contributed by atoms with Crippen LogP contribution in [-0.2, 0) is 16.6 Å². The lowest BCUT2D eigenvalue weighted by Gasteiger charge is -2.17. The first-order valence-corrected chi connectivity index (χ1v) is 8.32. The van der Waals surface area contributed by atoms with Gasteiger partial charge in [-0.05, 0) is 18.6 Å². The number of carboxylic acids is 1. The third-order valence-corrected chi connectivity index (χ3v) is 4.74. The van der Waals surface area contributed by atoms with Crippen molar-refractivity contribution in [3.8, 4) is 5.13 Å². The molecule has 0 aliphatic rings. The largest absolute Gasteiger partial charge is 0.481 e. The van der Waals surface area contributed by atoms with Crippen molar-refractivity contribution in [1.82, 2.24) is 14.5 Å². The number of fused-ring (bicyclic) bond motifs is 1. The molecule has 6 heteroatoms. The Morgan fingerprint density at radius 1 is 1.30 bits per heavy atom. The minimum Gasteiger partial charge on any atom is -0.481 e. The Morgan fingerprint density at radius 3 is 2.74 bits per heavy atom. The molecule has 0 fully saturated rings. The monoisotopic (exact) mass is 329 g/mol. The Bertz CT molecular complexity index is 858. The number of para-hydroxylation sites is 2. The Labute approximate surface area is 138 Å². The summed E-state index contributed by atoms with van der Waals surface area (Å²) in [4.78, 5) is 21.2. The summed E-state index contributed by atoms with van der Waals surface area (Å²) in [7, 11) is 0. The molecule has 0 radical (unpaired) electrons. The fourth-order valence-corrected chi connectivity index (χ4v) is 3.78. The second-order valence-corrected chi connectivity index (χ2v) is 7.58. The molecule has 0 bridgehead atoms. The molecule has 23 heavy (non-hydrogen) atoms. The Balaban J connectivity index is 2.08. The summed E-state index contributed by atoms with van der Waals surface area (Å²) in [6, 6.07) is 7.91. The summed E-state index contributed by atoms with van der Waals surface area (Å²) in [6.07, 6.45) is 2.40. The number of hydrogen-bond acceptors (Lipinski definition) is 4. The number of aliphatic carboxylic acids is 1. The SMILES string of the molecule is CC(C)(C)c1nc(-n2cnc3ccccc32)sc1CCC(=O)O. The number of benzene rings is 1. The molecule has 0 unspecified atom stereocenters. The molecule has 0 spiro atoms. The average molecular weight is 329 g/mol. The van der Waals surface area contributed by atoms with Crippen LogP contribution < -0.4 is 0 Å². The minimum absolute atomic E-state index is 0.120. The molecule has 120 valence electrons. The topological polar surface area (TPSA) is 68.0 Å². The highest BCUT2D eigenvalue weighted by atomic mass is 32.1. The third-order valence-electron chi connectivity index (χ3n) is 3.62. The number of nitrogens with zero attached hydrogens (tertiary/aromatic N) is 3. The Hall–Kier alpha value is -2.21. The maximum atomic E-state index is 10.9. The van der Waals surface area contributed by atoms with Gasteiger partial charge in [-0.3, -0.25) is 9.36 Å². The van der Waals surface area contributed by atoms with Gasteiger partial charge in [-0.1, -0.05) is 32.9 Å². The normalized spacial score (nSPS) is 12.0. The van der Waals surface area contributed by atoms with Gasteiger partial charge in [0.25, 0.3) is 0 Å². The van der Waals surface area contributed by atoms with Crippen LogP contribution in [0.15, 0.2) is 30.6 Å². The zero-order valence-electron chi connectivity index (χ0n) is 13.4. The number of hydrogen-bond donors (Lipinski definition) is 1. The van der Waals surface area contributed by atoms with Gasteiger partial charge in [0.2, 0.25) is 0 Å². The molecule has 0 aliphatic heterocycles. The van der Waals surface area contributed by atoms with E-state index in [-0.39, 0.29) is 11.8 Å². The first-order valence-electron chi connectivity index (χ1n) is 7.50. The van der Waals surface area contributed by atoms with Crippen LogP contribution in [0.2, 0.25) is 0 Å². The van der Waals surface area contributed by atoms with Crippen LogP contribution in [-0.4, -0.2) is 25.6 Å². The van der Waals surface area contributed by atoms with Gasteiger partial charge in [-0.2, -0.15) is 0 Å². The lowest BCUT2D eigenvalue weighted by atomic mass is 9.90. The molecule has 0 amide bonds. The standard InChI is InChI=1S/C17H19N3O2S/c1-17(2,3)15-13(8-9-14(21)22)23-16(19-15)20-10-18-11-6-4-5-7-12(11)20/h4-7,10H,8-9H2,1-3H3,(H,21,22). The summed E-state index contributed by atoms with van der Waals surface area (Å²) in [5.41, 5.74) is 2.77. The van der Waals surface area contributed by atoms with Gasteiger partial charge in [-0.15, -0.1) is 11.3 Å². The van der Waals surface area contributed by atoms with Gasteiger partial charge in [0.1, 0.15) is 6.33 Å². The van der Waals surface area contributed by atoms with Crippen molar-refractivity contribution >= 4 is 28.3 Å². The predicted octanol–water partition coefficient (Wildman–Crippen LogP) is 3.80. The lowest BCUT2D eigenvalue weighted by molar-refractivity contribution is -0.136. The van der Waals surface area contributed by atoms with Crippen LogP contribution in [0.5, 0.6) is 0 Å². The van der Waals surface area contributed by atoms with E-state index in [0.29, 0.717) is 6.42 Å². The Morgan fingerprint density at radius 2 is 2.04 bits per heavy atom. The fourth-order valence-electron chi connectivity index (χ4n) is 2.53. The van der Waals surface area contributed by atoms with Gasteiger partial charge < -0.3 is 5.11 Å². The number of aryl methyl sites for hydroxylation is 1. The van der Waals surface area contributed by atoms with Crippen LogP contribution >= 0.6 is 11.3 Å². The summed E-state index contributed by atoms with van der Waals surface area (Å²) >= 11 is 1.55. The van der Waals surface area contributed by atoms with Crippen molar-refractivity contribution in [3.05, 3.63) is 41.2 Å². The summed E-state index contributed by atoms with van der Waals surface area (Å²) in [6.45, 7) is 6.30. The molecule has 0 saturated heterocycles. The third kappa shape index (κ3) is 3.12. The second-order valence-electron chi connectivity index (χ2n) is 6.52. The zero-order chi connectivity index (χ0) is 16.6. The highest BCUT2D eigenvalue weighted by Crippen LogP contribution is 2.33. The van der Waals surface area contributed by atoms with Crippen molar-refractivity contribution < 1.29 is 9.90 Å². The molecular weight excluding hydrogens is 310 g/mol. The molecule has 2 aromatic heterocycles. The van der Waals surface area contributed by atoms with Gasteiger partial charge in [-0.25, -0.2) is 9.97 Å². The fraction of sp³-hybridized carbons (Fsp3) is 0.353. The molecule has 0 aliphatic carbocycles. The summed E-state index contributed by atoms with van der Waals surface area (Å²) in [5, 5.41) is 9.81. The number of rotatable bonds is 4. The zero-order valence-corrected chi connectivity index (χ0v) is 14.2. The molecule has 0 atom stereocenters. The predicted molar refractivity (Wildman–Crippen MR) is 91.4 cm³/mol. The van der Waals surface area contributed by atoms with Crippen LogP contribution in [0.1, 0.15) is 37.8 Å². The lowest BCUT2D eigenvalue weighted by Crippen LogP contribution is -2.14. The van der Waals surface area contributed by atoms with Gasteiger partial charge in [0.15, 0.2) is 5.13 Å². The maximum Gasteiger partial charge on any atom is 0.303 e. The summed E-state index contributed by atoms with van der Waals surface area (Å²) in [5.74, 6) is -0.784. The van der Waals surface area contributed by atoms with Crippen molar-refractivity contribution in [2.75, 3.05) is 0 Å². The second kappa shape index (κ2) is 5.77. The van der Waals surface area contributed by atoms with E-state index in [1.807, 2.05) is 28.8 Å². The van der Waals surface area contributed by atoms with E-state index in [1.165, 1.54) is 0 Å². The van der Waals surface area contributed by atoms with E-state index < -0.39 is 5.97 Å². The molecule has 2 heterocycles. The molecule has 1 aromatic carbocycles. The number of carbonyl (C=O) groups is 1. The van der Waals surface area contributed by atoms with Gasteiger partial charge in [0, 0.05) is 10.3 Å². The average Bonchev–Trinajstić information content (AvgIpc) is 3.08.